The van der Waals surface area contributed by atoms with Crippen LogP contribution in [-0.2, 0) is 16.1 Å². The first-order chi connectivity index (χ1) is 19.9. The molecule has 1 aliphatic carbocycles. The van der Waals surface area contributed by atoms with E-state index in [-0.39, 0.29) is 29.5 Å². The van der Waals surface area contributed by atoms with Gasteiger partial charge in [-0.15, -0.1) is 0 Å². The summed E-state index contributed by atoms with van der Waals surface area (Å²) in [5, 5.41) is 14.0. The Labute approximate surface area is 248 Å². The smallest absolute Gasteiger partial charge is 0.321 e. The second-order valence-corrected chi connectivity index (χ2v) is 12.8. The fourth-order valence-electron chi connectivity index (χ4n) is 7.38. The number of piperidine rings is 1. The van der Waals surface area contributed by atoms with Crippen molar-refractivity contribution in [2.75, 3.05) is 32.7 Å². The van der Waals surface area contributed by atoms with Gasteiger partial charge in [0.2, 0.25) is 5.91 Å². The Kier molecular flexibility index (Phi) is 10.3. The van der Waals surface area contributed by atoms with Crippen molar-refractivity contribution in [3.63, 3.8) is 0 Å². The molecule has 1 saturated carbocycles. The average Bonchev–Trinajstić information content (AvgIpc) is 3.37. The molecule has 2 aromatic rings. The molecule has 2 aliphatic heterocycles. The third-order valence-corrected chi connectivity index (χ3v) is 9.82. The van der Waals surface area contributed by atoms with Gasteiger partial charge in [0.05, 0.1) is 0 Å². The van der Waals surface area contributed by atoms with Crippen LogP contribution in [0.4, 0.5) is 4.39 Å². The highest BCUT2D eigenvalue weighted by Gasteiger charge is 2.43. The van der Waals surface area contributed by atoms with Gasteiger partial charge in [0.25, 0.3) is 0 Å². The van der Waals surface area contributed by atoms with E-state index < -0.39 is 12.0 Å². The van der Waals surface area contributed by atoms with Crippen LogP contribution < -0.4 is 5.32 Å². The Balaban J connectivity index is 1.17. The fraction of sp³-hybridized carbons (Fsp3) is 0.576. The lowest BCUT2D eigenvalue weighted by molar-refractivity contribution is -0.145. The maximum Gasteiger partial charge on any atom is 0.321 e. The van der Waals surface area contributed by atoms with Gasteiger partial charge in [-0.2, -0.15) is 0 Å². The second kappa shape index (κ2) is 14.1. The predicted octanol–water partition coefficient (Wildman–Crippen LogP) is 5.95. The zero-order valence-electron chi connectivity index (χ0n) is 23.8. The van der Waals surface area contributed by atoms with E-state index in [0.29, 0.717) is 30.5 Å². The van der Waals surface area contributed by atoms with Gasteiger partial charge in [-0.3, -0.25) is 14.5 Å². The van der Waals surface area contributed by atoms with Crippen molar-refractivity contribution < 1.29 is 19.1 Å². The zero-order chi connectivity index (χ0) is 28.8. The molecule has 0 aromatic heterocycles. The van der Waals surface area contributed by atoms with E-state index in [4.69, 9.17) is 11.6 Å². The number of likely N-dealkylation sites (tertiary alicyclic amines) is 2. The van der Waals surface area contributed by atoms with E-state index >= 15 is 0 Å². The largest absolute Gasteiger partial charge is 0.480 e. The standard InChI is InChI=1S/C33H43ClFN3O3/c34-28-11-9-24(10-12-28)19-36-31(39)17-23-13-15-37(16-14-23)20-27-21-38(22-30(27)26-7-4-8-29(35)18-26)32(33(40)41)25-5-2-1-3-6-25/h4,7-12,18,23,25,27,30,32H,1-3,5-6,13-17,19-22H2,(H,36,39)(H,40,41)/t27-,30+,32+/m0/s1. The Morgan fingerprint density at radius 2 is 1.73 bits per heavy atom. The molecule has 2 saturated heterocycles. The number of halogens is 2. The summed E-state index contributed by atoms with van der Waals surface area (Å²) in [5.74, 6) is 0.0167. The van der Waals surface area contributed by atoms with Crippen LogP contribution in [0.1, 0.15) is 68.4 Å². The summed E-state index contributed by atoms with van der Waals surface area (Å²) in [6, 6.07) is 13.9. The van der Waals surface area contributed by atoms with Crippen molar-refractivity contribution in [1.82, 2.24) is 15.1 Å². The van der Waals surface area contributed by atoms with Crippen LogP contribution in [0.2, 0.25) is 5.02 Å². The first-order valence-corrected chi connectivity index (χ1v) is 15.7. The van der Waals surface area contributed by atoms with Crippen LogP contribution in [0.5, 0.6) is 0 Å². The lowest BCUT2D eigenvalue weighted by atomic mass is 9.83. The molecule has 2 heterocycles. The molecule has 2 N–H and O–H groups in total. The topological polar surface area (TPSA) is 72.9 Å². The van der Waals surface area contributed by atoms with Gasteiger partial charge >= 0.3 is 5.97 Å². The van der Waals surface area contributed by atoms with Gasteiger partial charge in [-0.05, 0) is 91.9 Å². The minimum absolute atomic E-state index is 0.0819. The highest BCUT2D eigenvalue weighted by Crippen LogP contribution is 2.39. The molecule has 5 rings (SSSR count). The molecule has 222 valence electrons. The molecule has 3 atom stereocenters. The second-order valence-electron chi connectivity index (χ2n) is 12.4. The van der Waals surface area contributed by atoms with Crippen molar-refractivity contribution in [1.29, 1.82) is 0 Å². The van der Waals surface area contributed by atoms with Crippen molar-refractivity contribution in [2.24, 2.45) is 17.8 Å². The van der Waals surface area contributed by atoms with E-state index in [1.54, 1.807) is 12.1 Å². The highest BCUT2D eigenvalue weighted by molar-refractivity contribution is 6.30. The Hall–Kier alpha value is -2.48. The summed E-state index contributed by atoms with van der Waals surface area (Å²) in [6.07, 6.45) is 7.82. The first kappa shape index (κ1) is 30.0. The summed E-state index contributed by atoms with van der Waals surface area (Å²) in [4.78, 5) is 29.7. The average molecular weight is 584 g/mol. The molecule has 3 aliphatic rings. The number of carboxylic acids is 1. The SMILES string of the molecule is O=C(CC1CCN(C[C@H]2CN([C@@H](C(=O)O)C3CCCCC3)C[C@@H]2c2cccc(F)c2)CC1)NCc1ccc(Cl)cc1. The number of hydrogen-bond donors (Lipinski definition) is 2. The lowest BCUT2D eigenvalue weighted by Crippen LogP contribution is -2.46. The minimum Gasteiger partial charge on any atom is -0.480 e. The van der Waals surface area contributed by atoms with Crippen LogP contribution in [0.25, 0.3) is 0 Å². The number of carboxylic acid groups (broad SMARTS) is 1. The van der Waals surface area contributed by atoms with Crippen LogP contribution >= 0.6 is 11.6 Å². The molecule has 3 fully saturated rings. The van der Waals surface area contributed by atoms with E-state index in [1.165, 1.54) is 12.5 Å². The lowest BCUT2D eigenvalue weighted by Gasteiger charge is -2.35. The van der Waals surface area contributed by atoms with E-state index in [1.807, 2.05) is 30.3 Å². The quantitative estimate of drug-likeness (QED) is 0.362. The van der Waals surface area contributed by atoms with Gasteiger partial charge in [0.15, 0.2) is 0 Å². The maximum absolute atomic E-state index is 14.2. The maximum atomic E-state index is 14.2. The minimum atomic E-state index is -0.717. The number of hydrogen-bond acceptors (Lipinski definition) is 4. The molecular weight excluding hydrogens is 541 g/mol. The number of carbonyl (C=O) groups excluding carboxylic acids is 1. The third-order valence-electron chi connectivity index (χ3n) is 9.57. The highest BCUT2D eigenvalue weighted by atomic mass is 35.5. The third kappa shape index (κ3) is 8.08. The Bertz CT molecular complexity index is 1160. The monoisotopic (exact) mass is 583 g/mol. The zero-order valence-corrected chi connectivity index (χ0v) is 24.6. The molecular formula is C33H43ClFN3O3. The van der Waals surface area contributed by atoms with Gasteiger partial charge in [-0.25, -0.2) is 4.39 Å². The number of carbonyl (C=O) groups is 2. The number of benzene rings is 2. The molecule has 6 nitrogen and oxygen atoms in total. The van der Waals surface area contributed by atoms with Gasteiger partial charge in [-0.1, -0.05) is 55.1 Å². The number of rotatable bonds is 10. The number of nitrogens with one attached hydrogen (secondary N) is 1. The van der Waals surface area contributed by atoms with Crippen LogP contribution in [-0.4, -0.2) is 65.5 Å². The molecule has 8 heteroatoms. The van der Waals surface area contributed by atoms with Crippen molar-refractivity contribution in [3.8, 4) is 0 Å². The van der Waals surface area contributed by atoms with E-state index in [0.717, 1.165) is 75.8 Å². The predicted molar refractivity (Wildman–Crippen MR) is 159 cm³/mol. The molecule has 0 spiro atoms. The van der Waals surface area contributed by atoms with Gasteiger partial charge in [0, 0.05) is 43.5 Å². The van der Waals surface area contributed by atoms with Gasteiger partial charge in [0.1, 0.15) is 11.9 Å². The summed E-state index contributed by atoms with van der Waals surface area (Å²) >= 11 is 5.95. The van der Waals surface area contributed by atoms with Crippen molar-refractivity contribution in [3.05, 3.63) is 70.5 Å². The summed E-state index contributed by atoms with van der Waals surface area (Å²) in [6.45, 7) is 4.60. The summed E-state index contributed by atoms with van der Waals surface area (Å²) in [7, 11) is 0. The van der Waals surface area contributed by atoms with E-state index in [9.17, 15) is 19.1 Å². The summed E-state index contributed by atoms with van der Waals surface area (Å²) in [5.41, 5.74) is 2.00. The summed E-state index contributed by atoms with van der Waals surface area (Å²) < 4.78 is 14.2. The first-order valence-electron chi connectivity index (χ1n) is 15.3. The molecule has 41 heavy (non-hydrogen) atoms. The number of nitrogens with zero attached hydrogens (tertiary/aromatic N) is 2. The van der Waals surface area contributed by atoms with Crippen LogP contribution in [0, 0.1) is 23.6 Å². The molecule has 1 amide bonds. The normalized spacial score (nSPS) is 23.9. The number of amides is 1. The Morgan fingerprint density at radius 3 is 2.41 bits per heavy atom. The van der Waals surface area contributed by atoms with Crippen LogP contribution in [0.3, 0.4) is 0 Å². The number of aliphatic carboxylic acids is 1. The molecule has 0 radical (unpaired) electrons. The molecule has 0 unspecified atom stereocenters. The van der Waals surface area contributed by atoms with Gasteiger partial charge < -0.3 is 15.3 Å². The van der Waals surface area contributed by atoms with Crippen LogP contribution in [0.15, 0.2) is 48.5 Å². The van der Waals surface area contributed by atoms with Crippen molar-refractivity contribution in [2.45, 2.75) is 69.9 Å². The molecule has 0 bridgehead atoms. The van der Waals surface area contributed by atoms with Crippen molar-refractivity contribution >= 4 is 23.5 Å². The Morgan fingerprint density at radius 1 is 1.00 bits per heavy atom. The molecule has 2 aromatic carbocycles. The fourth-order valence-corrected chi connectivity index (χ4v) is 7.51. The van der Waals surface area contributed by atoms with E-state index in [2.05, 4.69) is 15.1 Å².